The first-order valence-corrected chi connectivity index (χ1v) is 5.00. The van der Waals surface area contributed by atoms with Crippen LogP contribution in [0.15, 0.2) is 4.42 Å². The Labute approximate surface area is 82.6 Å². The maximum absolute atomic E-state index is 5.51. The van der Waals surface area contributed by atoms with Crippen LogP contribution >= 0.6 is 0 Å². The summed E-state index contributed by atoms with van der Waals surface area (Å²) < 4.78 is 10.8. The van der Waals surface area contributed by atoms with Crippen molar-refractivity contribution in [2.45, 2.75) is 25.2 Å². The highest BCUT2D eigenvalue weighted by Crippen LogP contribution is 2.23. The van der Waals surface area contributed by atoms with Crippen LogP contribution in [0.5, 0.6) is 0 Å². The highest BCUT2D eigenvalue weighted by molar-refractivity contribution is 4.93. The molecule has 1 atom stereocenters. The van der Waals surface area contributed by atoms with Crippen LogP contribution < -0.4 is 5.73 Å². The number of aromatic nitrogens is 2. The predicted molar refractivity (Wildman–Crippen MR) is 49.9 cm³/mol. The predicted octanol–water partition coefficient (Wildman–Crippen LogP) is 0.465. The molecule has 1 saturated heterocycles. The fraction of sp³-hybridized carbons (Fsp3) is 0.778. The van der Waals surface area contributed by atoms with E-state index in [0.717, 1.165) is 31.8 Å². The summed E-state index contributed by atoms with van der Waals surface area (Å²) in [7, 11) is 0. The van der Waals surface area contributed by atoms with Gasteiger partial charge in [0.1, 0.15) is 0 Å². The lowest BCUT2D eigenvalue weighted by molar-refractivity contribution is 0.190. The second-order valence-electron chi connectivity index (χ2n) is 3.49. The lowest BCUT2D eigenvalue weighted by Gasteiger charge is -1.98. The molecular formula is C9H15N3O2. The summed E-state index contributed by atoms with van der Waals surface area (Å²) in [5, 5.41) is 7.98. The Balaban J connectivity index is 1.94. The van der Waals surface area contributed by atoms with E-state index in [0.29, 0.717) is 25.0 Å². The Morgan fingerprint density at radius 3 is 3.07 bits per heavy atom. The number of ether oxygens (including phenoxy) is 1. The number of hydrogen-bond acceptors (Lipinski definition) is 5. The molecule has 2 N–H and O–H groups in total. The molecular weight excluding hydrogens is 182 g/mol. The third-order valence-corrected chi connectivity index (χ3v) is 2.36. The smallest absolute Gasteiger partial charge is 0.222 e. The summed E-state index contributed by atoms with van der Waals surface area (Å²) in [6, 6.07) is 0. The summed E-state index contributed by atoms with van der Waals surface area (Å²) in [6.07, 6.45) is 2.65. The van der Waals surface area contributed by atoms with Crippen molar-refractivity contribution in [2.75, 3.05) is 19.8 Å². The topological polar surface area (TPSA) is 74.2 Å². The Morgan fingerprint density at radius 1 is 1.43 bits per heavy atom. The fourth-order valence-electron chi connectivity index (χ4n) is 1.52. The first kappa shape index (κ1) is 9.61. The molecule has 1 aliphatic heterocycles. The van der Waals surface area contributed by atoms with Gasteiger partial charge in [-0.3, -0.25) is 0 Å². The van der Waals surface area contributed by atoms with Crippen LogP contribution in [0.25, 0.3) is 0 Å². The minimum absolute atomic E-state index is 0.300. The summed E-state index contributed by atoms with van der Waals surface area (Å²) >= 11 is 0. The molecule has 0 spiro atoms. The highest BCUT2D eigenvalue weighted by Gasteiger charge is 2.23. The van der Waals surface area contributed by atoms with Gasteiger partial charge in [0.05, 0.1) is 12.5 Å². The molecule has 2 rings (SSSR count). The van der Waals surface area contributed by atoms with E-state index in [4.69, 9.17) is 14.9 Å². The van der Waals surface area contributed by atoms with Crippen molar-refractivity contribution in [3.05, 3.63) is 11.8 Å². The summed E-state index contributed by atoms with van der Waals surface area (Å²) in [5.74, 6) is 1.71. The van der Waals surface area contributed by atoms with Crippen molar-refractivity contribution in [1.82, 2.24) is 10.2 Å². The quantitative estimate of drug-likeness (QED) is 0.759. The van der Waals surface area contributed by atoms with E-state index in [1.165, 1.54) is 0 Å². The zero-order chi connectivity index (χ0) is 9.80. The van der Waals surface area contributed by atoms with Gasteiger partial charge in [-0.25, -0.2) is 0 Å². The van der Waals surface area contributed by atoms with Crippen molar-refractivity contribution in [3.63, 3.8) is 0 Å². The van der Waals surface area contributed by atoms with E-state index in [1.54, 1.807) is 0 Å². The maximum atomic E-state index is 5.51. The molecule has 5 nitrogen and oxygen atoms in total. The average molecular weight is 197 g/mol. The number of nitrogens with zero attached hydrogens (tertiary/aromatic N) is 2. The van der Waals surface area contributed by atoms with Gasteiger partial charge in [0.2, 0.25) is 11.8 Å². The number of rotatable bonds is 4. The van der Waals surface area contributed by atoms with Crippen LogP contribution in [0, 0.1) is 0 Å². The zero-order valence-electron chi connectivity index (χ0n) is 8.11. The Morgan fingerprint density at radius 2 is 2.36 bits per heavy atom. The van der Waals surface area contributed by atoms with Crippen LogP contribution in [-0.2, 0) is 11.2 Å². The molecule has 1 aromatic heterocycles. The molecule has 14 heavy (non-hydrogen) atoms. The normalized spacial score (nSPS) is 21.6. The van der Waals surface area contributed by atoms with E-state index in [2.05, 4.69) is 10.2 Å². The highest BCUT2D eigenvalue weighted by atomic mass is 16.5. The fourth-order valence-corrected chi connectivity index (χ4v) is 1.52. The zero-order valence-corrected chi connectivity index (χ0v) is 8.11. The van der Waals surface area contributed by atoms with Crippen LogP contribution in [0.2, 0.25) is 0 Å². The van der Waals surface area contributed by atoms with Gasteiger partial charge < -0.3 is 14.9 Å². The Bertz CT molecular complexity index is 281. The molecule has 0 saturated carbocycles. The molecule has 0 amide bonds. The minimum atomic E-state index is 0.300. The van der Waals surface area contributed by atoms with E-state index >= 15 is 0 Å². The Kier molecular flexibility index (Phi) is 3.10. The second-order valence-corrected chi connectivity index (χ2v) is 3.49. The first-order valence-electron chi connectivity index (χ1n) is 5.00. The second kappa shape index (κ2) is 4.52. The SMILES string of the molecule is NCCCc1nnc(C2CCOC2)o1. The summed E-state index contributed by atoms with van der Waals surface area (Å²) in [4.78, 5) is 0. The molecule has 5 heteroatoms. The third kappa shape index (κ3) is 2.10. The molecule has 0 radical (unpaired) electrons. The van der Waals surface area contributed by atoms with Crippen LogP contribution in [0.4, 0.5) is 0 Å². The summed E-state index contributed by atoms with van der Waals surface area (Å²) in [6.45, 7) is 2.16. The molecule has 1 aromatic rings. The molecule has 1 fully saturated rings. The standard InChI is InChI=1S/C9H15N3O2/c10-4-1-2-8-11-12-9(14-8)7-3-5-13-6-7/h7H,1-6,10H2. The number of nitrogens with two attached hydrogens (primary N) is 1. The van der Waals surface area contributed by atoms with Gasteiger partial charge in [-0.1, -0.05) is 0 Å². The monoisotopic (exact) mass is 197 g/mol. The lowest BCUT2D eigenvalue weighted by Crippen LogP contribution is -2.00. The minimum Gasteiger partial charge on any atom is -0.425 e. The van der Waals surface area contributed by atoms with Gasteiger partial charge in [0.15, 0.2) is 0 Å². The number of aryl methyl sites for hydroxylation is 1. The Hall–Kier alpha value is -0.940. The van der Waals surface area contributed by atoms with Gasteiger partial charge >= 0.3 is 0 Å². The average Bonchev–Trinajstić information content (AvgIpc) is 2.85. The van der Waals surface area contributed by atoms with Crippen molar-refractivity contribution in [2.24, 2.45) is 5.73 Å². The maximum Gasteiger partial charge on any atom is 0.222 e. The van der Waals surface area contributed by atoms with Crippen molar-refractivity contribution in [1.29, 1.82) is 0 Å². The number of hydrogen-bond donors (Lipinski definition) is 1. The molecule has 78 valence electrons. The van der Waals surface area contributed by atoms with Crippen LogP contribution in [0.1, 0.15) is 30.5 Å². The summed E-state index contributed by atoms with van der Waals surface area (Å²) in [5.41, 5.74) is 5.40. The van der Waals surface area contributed by atoms with Crippen molar-refractivity contribution >= 4 is 0 Å². The molecule has 2 heterocycles. The van der Waals surface area contributed by atoms with E-state index < -0.39 is 0 Å². The van der Waals surface area contributed by atoms with Gasteiger partial charge in [0, 0.05) is 13.0 Å². The van der Waals surface area contributed by atoms with E-state index in [1.807, 2.05) is 0 Å². The molecule has 0 aromatic carbocycles. The van der Waals surface area contributed by atoms with E-state index in [9.17, 15) is 0 Å². The third-order valence-electron chi connectivity index (χ3n) is 2.36. The molecule has 0 bridgehead atoms. The van der Waals surface area contributed by atoms with Gasteiger partial charge in [-0.15, -0.1) is 10.2 Å². The van der Waals surface area contributed by atoms with Crippen molar-refractivity contribution < 1.29 is 9.15 Å². The van der Waals surface area contributed by atoms with Gasteiger partial charge in [-0.05, 0) is 19.4 Å². The first-order chi connectivity index (χ1) is 6.90. The van der Waals surface area contributed by atoms with Crippen molar-refractivity contribution in [3.8, 4) is 0 Å². The van der Waals surface area contributed by atoms with Gasteiger partial charge in [-0.2, -0.15) is 0 Å². The lowest BCUT2D eigenvalue weighted by atomic mass is 10.1. The molecule has 0 aliphatic carbocycles. The van der Waals surface area contributed by atoms with Gasteiger partial charge in [0.25, 0.3) is 0 Å². The van der Waals surface area contributed by atoms with E-state index in [-0.39, 0.29) is 0 Å². The van der Waals surface area contributed by atoms with Crippen LogP contribution in [-0.4, -0.2) is 30.0 Å². The molecule has 1 aliphatic rings. The largest absolute Gasteiger partial charge is 0.425 e. The van der Waals surface area contributed by atoms with Crippen LogP contribution in [0.3, 0.4) is 0 Å². The molecule has 1 unspecified atom stereocenters.